The van der Waals surface area contributed by atoms with E-state index in [1.165, 1.54) is 0 Å². The number of hydrogen-bond acceptors (Lipinski definition) is 3. The highest BCUT2D eigenvalue weighted by Gasteiger charge is 2.54. The van der Waals surface area contributed by atoms with Crippen molar-refractivity contribution in [1.82, 2.24) is 0 Å². The minimum absolute atomic E-state index is 0.251. The molecule has 0 radical (unpaired) electrons. The van der Waals surface area contributed by atoms with Crippen molar-refractivity contribution in [3.05, 3.63) is 162 Å². The van der Waals surface area contributed by atoms with Gasteiger partial charge in [-0.1, -0.05) is 133 Å². The van der Waals surface area contributed by atoms with Gasteiger partial charge in [0, 0.05) is 27.1 Å². The molecule has 0 heterocycles. The van der Waals surface area contributed by atoms with E-state index in [-0.39, 0.29) is 5.78 Å². The molecule has 0 bridgehead atoms. The molecule has 7 rings (SSSR count). The van der Waals surface area contributed by atoms with Gasteiger partial charge in [-0.25, -0.2) is 0 Å². The Morgan fingerprint density at radius 2 is 0.976 bits per heavy atom. The van der Waals surface area contributed by atoms with E-state index in [0.717, 1.165) is 21.5 Å². The van der Waals surface area contributed by atoms with Gasteiger partial charge in [0.05, 0.1) is 5.60 Å². The quantitative estimate of drug-likeness (QED) is 0.121. The minimum Gasteiger partial charge on any atom is -0.385 e. The molecule has 1 aliphatic rings. The Bertz CT molecular complexity index is 1960. The van der Waals surface area contributed by atoms with Gasteiger partial charge in [0.2, 0.25) is 0 Å². The first-order chi connectivity index (χ1) is 20.5. The fourth-order valence-corrected chi connectivity index (χ4v) is 9.29. The molecule has 3 nitrogen and oxygen atoms in total. The van der Waals surface area contributed by atoms with Crippen LogP contribution in [0.4, 0.5) is 0 Å². The summed E-state index contributed by atoms with van der Waals surface area (Å²) in [6.45, 7) is 0. The van der Waals surface area contributed by atoms with E-state index in [0.29, 0.717) is 45.5 Å². The van der Waals surface area contributed by atoms with Crippen molar-refractivity contribution < 1.29 is 14.5 Å². The van der Waals surface area contributed by atoms with E-state index < -0.39 is 12.7 Å². The topological polar surface area (TPSA) is 54.4 Å². The SMILES string of the molecule is O=C(/C(=C(/C1(O)CC1)P(=O)(c1ccc2ccccc2c1)c1ccc2ccccc2c1)c1ccccc1)c1ccccc1. The van der Waals surface area contributed by atoms with Gasteiger partial charge >= 0.3 is 0 Å². The van der Waals surface area contributed by atoms with Crippen LogP contribution in [0.15, 0.2) is 151 Å². The van der Waals surface area contributed by atoms with Crippen LogP contribution in [0.2, 0.25) is 0 Å². The Morgan fingerprint density at radius 3 is 1.45 bits per heavy atom. The monoisotopic (exact) mass is 564 g/mol. The molecule has 1 aliphatic carbocycles. The number of Topliss-reactive ketones (excluding diaryl/α,β-unsaturated/α-hetero) is 1. The Kier molecular flexibility index (Phi) is 6.50. The fraction of sp³-hybridized carbons (Fsp3) is 0.0789. The lowest BCUT2D eigenvalue weighted by Gasteiger charge is -2.29. The van der Waals surface area contributed by atoms with Crippen LogP contribution in [-0.4, -0.2) is 16.5 Å². The Morgan fingerprint density at radius 1 is 0.548 bits per heavy atom. The van der Waals surface area contributed by atoms with Crippen LogP contribution in [0.25, 0.3) is 27.1 Å². The molecule has 0 spiro atoms. The largest absolute Gasteiger partial charge is 0.385 e. The Labute approximate surface area is 245 Å². The zero-order valence-electron chi connectivity index (χ0n) is 23.0. The standard InChI is InChI=1S/C38H29O3P/c39-36(30-15-5-2-6-16-30)35(29-13-3-1-4-14-29)37(38(40)23-24-38)42(41,33-21-19-27-11-7-9-17-31(27)25-33)34-22-20-28-12-8-10-18-32(28)26-34/h1-22,25-26,40H,23-24H2/b37-35-. The fourth-order valence-electron chi connectivity index (χ4n) is 5.90. The van der Waals surface area contributed by atoms with Crippen molar-refractivity contribution in [3.8, 4) is 0 Å². The molecule has 4 heteroatoms. The molecular weight excluding hydrogens is 535 g/mol. The lowest BCUT2D eigenvalue weighted by molar-refractivity contribution is 0.105. The van der Waals surface area contributed by atoms with Crippen molar-refractivity contribution in [3.63, 3.8) is 0 Å². The number of hydrogen-bond donors (Lipinski definition) is 1. The minimum atomic E-state index is -3.79. The average molecular weight is 565 g/mol. The van der Waals surface area contributed by atoms with Crippen molar-refractivity contribution >= 4 is 50.7 Å². The molecule has 0 aromatic heterocycles. The second kappa shape index (κ2) is 10.4. The normalized spacial score (nSPS) is 14.9. The predicted octanol–water partition coefficient (Wildman–Crippen LogP) is 8.13. The highest BCUT2D eigenvalue weighted by molar-refractivity contribution is 7.82. The van der Waals surface area contributed by atoms with Crippen LogP contribution in [0.3, 0.4) is 0 Å². The molecule has 6 aromatic carbocycles. The van der Waals surface area contributed by atoms with Crippen LogP contribution in [0.1, 0.15) is 28.8 Å². The van der Waals surface area contributed by atoms with Crippen molar-refractivity contribution in [1.29, 1.82) is 0 Å². The zero-order valence-corrected chi connectivity index (χ0v) is 23.9. The van der Waals surface area contributed by atoms with Gasteiger partial charge in [0.1, 0.15) is 0 Å². The lowest BCUT2D eigenvalue weighted by Crippen LogP contribution is -2.27. The summed E-state index contributed by atoms with van der Waals surface area (Å²) in [5.74, 6) is -0.251. The van der Waals surface area contributed by atoms with Crippen molar-refractivity contribution in [2.75, 3.05) is 0 Å². The Hall–Kier alpha value is -4.56. The maximum Gasteiger partial charge on any atom is 0.194 e. The molecule has 1 fully saturated rings. The highest BCUT2D eigenvalue weighted by Crippen LogP contribution is 2.65. The number of aliphatic hydroxyl groups is 1. The summed E-state index contributed by atoms with van der Waals surface area (Å²) < 4.78 is 16.3. The third-order valence-corrected chi connectivity index (χ3v) is 11.5. The predicted molar refractivity (Wildman–Crippen MR) is 173 cm³/mol. The molecule has 0 amide bonds. The van der Waals surface area contributed by atoms with Gasteiger partial charge in [0.25, 0.3) is 0 Å². The molecule has 0 atom stereocenters. The van der Waals surface area contributed by atoms with E-state index in [4.69, 9.17) is 0 Å². The molecule has 1 N–H and O–H groups in total. The van der Waals surface area contributed by atoms with Crippen LogP contribution >= 0.6 is 7.14 Å². The molecule has 0 unspecified atom stereocenters. The third kappa shape index (κ3) is 4.52. The van der Waals surface area contributed by atoms with Gasteiger partial charge in [-0.05, 0) is 52.1 Å². The molecular formula is C38H29O3P. The van der Waals surface area contributed by atoms with Crippen LogP contribution in [0, 0.1) is 0 Å². The number of benzene rings is 6. The van der Waals surface area contributed by atoms with Crippen molar-refractivity contribution in [2.24, 2.45) is 0 Å². The first kappa shape index (κ1) is 26.3. The number of allylic oxidation sites excluding steroid dienone is 1. The molecule has 6 aromatic rings. The van der Waals surface area contributed by atoms with E-state index >= 15 is 4.57 Å². The van der Waals surface area contributed by atoms with Crippen LogP contribution < -0.4 is 10.6 Å². The number of fused-ring (bicyclic) bond motifs is 2. The number of rotatable bonds is 7. The number of carbonyl (C=O) groups is 1. The summed E-state index contributed by atoms with van der Waals surface area (Å²) >= 11 is 0. The smallest absolute Gasteiger partial charge is 0.194 e. The van der Waals surface area contributed by atoms with Gasteiger partial charge in [0.15, 0.2) is 12.9 Å². The van der Waals surface area contributed by atoms with Crippen LogP contribution in [-0.2, 0) is 4.57 Å². The molecule has 0 saturated heterocycles. The van der Waals surface area contributed by atoms with E-state index in [1.54, 1.807) is 12.1 Å². The van der Waals surface area contributed by atoms with E-state index in [2.05, 4.69) is 0 Å². The van der Waals surface area contributed by atoms with E-state index in [1.807, 2.05) is 133 Å². The summed E-state index contributed by atoms with van der Waals surface area (Å²) in [5, 5.41) is 17.6. The zero-order chi connectivity index (χ0) is 28.7. The summed E-state index contributed by atoms with van der Waals surface area (Å²) in [6, 6.07) is 46.1. The highest BCUT2D eigenvalue weighted by atomic mass is 31.2. The first-order valence-electron chi connectivity index (χ1n) is 14.2. The summed E-state index contributed by atoms with van der Waals surface area (Å²) in [7, 11) is -3.79. The molecule has 0 aliphatic heterocycles. The van der Waals surface area contributed by atoms with Gasteiger partial charge in [-0.2, -0.15) is 0 Å². The van der Waals surface area contributed by atoms with E-state index in [9.17, 15) is 9.90 Å². The van der Waals surface area contributed by atoms with Crippen molar-refractivity contribution in [2.45, 2.75) is 18.4 Å². The second-order valence-corrected chi connectivity index (χ2v) is 13.7. The summed E-state index contributed by atoms with van der Waals surface area (Å²) in [4.78, 5) is 14.5. The second-order valence-electron chi connectivity index (χ2n) is 11.0. The van der Waals surface area contributed by atoms with Gasteiger partial charge in [-0.15, -0.1) is 0 Å². The number of carbonyl (C=O) groups excluding carboxylic acids is 1. The summed E-state index contributed by atoms with van der Waals surface area (Å²) in [6.07, 6.45) is 0.873. The molecule has 204 valence electrons. The lowest BCUT2D eigenvalue weighted by atomic mass is 9.94. The Balaban J connectivity index is 1.62. The number of ketones is 1. The molecule has 42 heavy (non-hydrogen) atoms. The maximum atomic E-state index is 16.3. The summed E-state index contributed by atoms with van der Waals surface area (Å²) in [5.41, 5.74) is 0.0687. The van der Waals surface area contributed by atoms with Gasteiger partial charge in [-0.3, -0.25) is 4.79 Å². The average Bonchev–Trinajstić information content (AvgIpc) is 3.80. The van der Waals surface area contributed by atoms with Crippen LogP contribution in [0.5, 0.6) is 0 Å². The maximum absolute atomic E-state index is 16.3. The van der Waals surface area contributed by atoms with Gasteiger partial charge < -0.3 is 9.67 Å². The third-order valence-electron chi connectivity index (χ3n) is 8.23. The first-order valence-corrected chi connectivity index (χ1v) is 15.9. The molecule has 1 saturated carbocycles.